The third kappa shape index (κ3) is 6.53. The summed E-state index contributed by atoms with van der Waals surface area (Å²) < 4.78 is 10.9. The standard InChI is InChI=1S/C8H19O2Si/c1-5-9-11(10-6-2)7-8(3)4/h8H,5-7H2,1-4H3. The van der Waals surface area contributed by atoms with E-state index in [1.165, 1.54) is 0 Å². The van der Waals surface area contributed by atoms with Crippen molar-refractivity contribution in [2.24, 2.45) is 5.92 Å². The predicted octanol–water partition coefficient (Wildman–Crippen LogP) is 2.20. The largest absolute Gasteiger partial charge is 0.394 e. The van der Waals surface area contributed by atoms with Gasteiger partial charge in [0.25, 0.3) is 0 Å². The van der Waals surface area contributed by atoms with Crippen LogP contribution < -0.4 is 0 Å². The van der Waals surface area contributed by atoms with Gasteiger partial charge in [0.2, 0.25) is 0 Å². The van der Waals surface area contributed by atoms with E-state index in [-0.39, 0.29) is 0 Å². The highest BCUT2D eigenvalue weighted by atomic mass is 28.3. The molecule has 3 heteroatoms. The fourth-order valence-corrected chi connectivity index (χ4v) is 2.44. The molecule has 0 fully saturated rings. The van der Waals surface area contributed by atoms with Crippen LogP contribution in [0, 0.1) is 5.92 Å². The van der Waals surface area contributed by atoms with Crippen LogP contribution in [0.4, 0.5) is 0 Å². The van der Waals surface area contributed by atoms with Crippen LogP contribution in [-0.2, 0) is 8.85 Å². The van der Waals surface area contributed by atoms with E-state index < -0.39 is 9.28 Å². The Morgan fingerprint density at radius 2 is 1.55 bits per heavy atom. The zero-order valence-corrected chi connectivity index (χ0v) is 9.02. The number of hydrogen-bond acceptors (Lipinski definition) is 2. The minimum absolute atomic E-state index is 0.682. The van der Waals surface area contributed by atoms with Gasteiger partial charge in [0.15, 0.2) is 0 Å². The minimum Gasteiger partial charge on any atom is -0.394 e. The summed E-state index contributed by atoms with van der Waals surface area (Å²) >= 11 is 0. The van der Waals surface area contributed by atoms with E-state index in [4.69, 9.17) is 8.85 Å². The third-order valence-electron chi connectivity index (χ3n) is 1.19. The minimum atomic E-state index is -0.946. The molecule has 0 bridgehead atoms. The first kappa shape index (κ1) is 11.1. The maximum Gasteiger partial charge on any atom is 0.384 e. The monoisotopic (exact) mass is 175 g/mol. The van der Waals surface area contributed by atoms with Gasteiger partial charge in [0, 0.05) is 13.2 Å². The summed E-state index contributed by atoms with van der Waals surface area (Å²) in [6.07, 6.45) is 0. The summed E-state index contributed by atoms with van der Waals surface area (Å²) in [6.45, 7) is 9.99. The van der Waals surface area contributed by atoms with Gasteiger partial charge in [-0.25, -0.2) is 0 Å². The van der Waals surface area contributed by atoms with E-state index in [2.05, 4.69) is 13.8 Å². The van der Waals surface area contributed by atoms with Crippen LogP contribution in [0.3, 0.4) is 0 Å². The lowest BCUT2D eigenvalue weighted by Crippen LogP contribution is -2.24. The van der Waals surface area contributed by atoms with Crippen LogP contribution in [0.25, 0.3) is 0 Å². The normalized spacial score (nSPS) is 11.5. The molecule has 0 rings (SSSR count). The molecule has 0 aromatic rings. The van der Waals surface area contributed by atoms with Gasteiger partial charge in [0.1, 0.15) is 0 Å². The molecule has 0 aliphatic rings. The van der Waals surface area contributed by atoms with Crippen LogP contribution in [0.15, 0.2) is 0 Å². The topological polar surface area (TPSA) is 18.5 Å². The average molecular weight is 175 g/mol. The molecule has 0 N–H and O–H groups in total. The number of rotatable bonds is 6. The lowest BCUT2D eigenvalue weighted by molar-refractivity contribution is 0.210. The Kier molecular flexibility index (Phi) is 6.91. The van der Waals surface area contributed by atoms with Crippen molar-refractivity contribution in [1.82, 2.24) is 0 Å². The van der Waals surface area contributed by atoms with Gasteiger partial charge in [-0.15, -0.1) is 0 Å². The predicted molar refractivity (Wildman–Crippen MR) is 48.7 cm³/mol. The molecule has 0 aliphatic heterocycles. The second-order valence-electron chi connectivity index (χ2n) is 2.84. The summed E-state index contributed by atoms with van der Waals surface area (Å²) in [6, 6.07) is 1.09. The van der Waals surface area contributed by atoms with Crippen molar-refractivity contribution in [3.63, 3.8) is 0 Å². The van der Waals surface area contributed by atoms with Crippen molar-refractivity contribution in [1.29, 1.82) is 0 Å². The van der Waals surface area contributed by atoms with Crippen molar-refractivity contribution in [2.45, 2.75) is 33.7 Å². The maximum absolute atomic E-state index is 5.47. The Morgan fingerprint density at radius 1 is 1.09 bits per heavy atom. The van der Waals surface area contributed by atoms with E-state index in [9.17, 15) is 0 Å². The second kappa shape index (κ2) is 6.82. The molecule has 0 amide bonds. The van der Waals surface area contributed by atoms with Gasteiger partial charge >= 0.3 is 9.28 Å². The molecular weight excluding hydrogens is 156 g/mol. The highest BCUT2D eigenvalue weighted by molar-refractivity contribution is 6.44. The molecule has 0 unspecified atom stereocenters. The molecule has 0 saturated carbocycles. The fourth-order valence-electron chi connectivity index (χ4n) is 0.815. The van der Waals surface area contributed by atoms with Crippen molar-refractivity contribution >= 4 is 9.28 Å². The van der Waals surface area contributed by atoms with E-state index >= 15 is 0 Å². The molecule has 67 valence electrons. The molecule has 0 heterocycles. The van der Waals surface area contributed by atoms with Crippen molar-refractivity contribution in [3.8, 4) is 0 Å². The van der Waals surface area contributed by atoms with Crippen LogP contribution in [0.2, 0.25) is 6.04 Å². The lowest BCUT2D eigenvalue weighted by atomic mass is 10.3. The van der Waals surface area contributed by atoms with E-state index in [1.54, 1.807) is 0 Å². The molecule has 0 spiro atoms. The van der Waals surface area contributed by atoms with Crippen LogP contribution in [-0.4, -0.2) is 22.5 Å². The first-order valence-electron chi connectivity index (χ1n) is 4.32. The Hall–Kier alpha value is 0.137. The average Bonchev–Trinajstić information content (AvgIpc) is 1.87. The zero-order valence-electron chi connectivity index (χ0n) is 8.02. The summed E-state index contributed by atoms with van der Waals surface area (Å²) in [5.74, 6) is 0.682. The molecule has 11 heavy (non-hydrogen) atoms. The quantitative estimate of drug-likeness (QED) is 0.576. The highest BCUT2D eigenvalue weighted by Crippen LogP contribution is 2.07. The smallest absolute Gasteiger partial charge is 0.384 e. The van der Waals surface area contributed by atoms with Crippen LogP contribution in [0.1, 0.15) is 27.7 Å². The molecule has 0 saturated heterocycles. The SMILES string of the molecule is CCO[Si](CC(C)C)OCC. The van der Waals surface area contributed by atoms with Gasteiger partial charge in [-0.3, -0.25) is 0 Å². The van der Waals surface area contributed by atoms with Crippen LogP contribution in [0.5, 0.6) is 0 Å². The third-order valence-corrected chi connectivity index (χ3v) is 3.56. The van der Waals surface area contributed by atoms with Gasteiger partial charge < -0.3 is 8.85 Å². The first-order chi connectivity index (χ1) is 5.20. The molecule has 0 aromatic carbocycles. The van der Waals surface area contributed by atoms with Gasteiger partial charge in [-0.2, -0.15) is 0 Å². The molecule has 2 nitrogen and oxygen atoms in total. The van der Waals surface area contributed by atoms with E-state index in [1.807, 2.05) is 13.8 Å². The number of hydrogen-bond donors (Lipinski definition) is 0. The van der Waals surface area contributed by atoms with Crippen molar-refractivity contribution in [3.05, 3.63) is 0 Å². The van der Waals surface area contributed by atoms with Crippen LogP contribution >= 0.6 is 0 Å². The fraction of sp³-hybridized carbons (Fsp3) is 1.00. The molecule has 1 radical (unpaired) electrons. The Balaban J connectivity index is 3.50. The first-order valence-corrected chi connectivity index (χ1v) is 5.84. The summed E-state index contributed by atoms with van der Waals surface area (Å²) in [5, 5.41) is 0. The molecular formula is C8H19O2Si. The Morgan fingerprint density at radius 3 is 1.82 bits per heavy atom. The zero-order chi connectivity index (χ0) is 8.69. The van der Waals surface area contributed by atoms with Crippen molar-refractivity contribution in [2.75, 3.05) is 13.2 Å². The maximum atomic E-state index is 5.47. The van der Waals surface area contributed by atoms with Crippen molar-refractivity contribution < 1.29 is 8.85 Å². The summed E-state index contributed by atoms with van der Waals surface area (Å²) in [5.41, 5.74) is 0. The van der Waals surface area contributed by atoms with Gasteiger partial charge in [0.05, 0.1) is 0 Å². The van der Waals surface area contributed by atoms with E-state index in [0.29, 0.717) is 5.92 Å². The van der Waals surface area contributed by atoms with Gasteiger partial charge in [-0.1, -0.05) is 13.8 Å². The molecule has 0 atom stereocenters. The highest BCUT2D eigenvalue weighted by Gasteiger charge is 2.15. The lowest BCUT2D eigenvalue weighted by Gasteiger charge is -2.14. The molecule has 0 aromatic heterocycles. The summed E-state index contributed by atoms with van der Waals surface area (Å²) in [4.78, 5) is 0. The second-order valence-corrected chi connectivity index (χ2v) is 4.57. The molecule has 0 aliphatic carbocycles. The Labute approximate surface area is 71.7 Å². The van der Waals surface area contributed by atoms with E-state index in [0.717, 1.165) is 19.3 Å². The Bertz CT molecular complexity index is 80.2. The summed E-state index contributed by atoms with van der Waals surface area (Å²) in [7, 11) is -0.946. The van der Waals surface area contributed by atoms with Gasteiger partial charge in [-0.05, 0) is 25.8 Å².